The number of rotatable bonds is 5. The average Bonchev–Trinajstić information content (AvgIpc) is 3.19. The quantitative estimate of drug-likeness (QED) is 0.442. The summed E-state index contributed by atoms with van der Waals surface area (Å²) in [6.45, 7) is 2.40. The summed E-state index contributed by atoms with van der Waals surface area (Å²) in [7, 11) is 0. The van der Waals surface area contributed by atoms with Gasteiger partial charge >= 0.3 is 6.18 Å². The van der Waals surface area contributed by atoms with E-state index in [4.69, 9.17) is 0 Å². The molecular formula is C23H22F4N4OS. The van der Waals surface area contributed by atoms with Crippen LogP contribution >= 0.6 is 11.3 Å². The Labute approximate surface area is 192 Å². The van der Waals surface area contributed by atoms with E-state index in [2.05, 4.69) is 15.0 Å². The van der Waals surface area contributed by atoms with E-state index >= 15 is 0 Å². The fourth-order valence-corrected chi connectivity index (χ4v) is 4.91. The summed E-state index contributed by atoms with van der Waals surface area (Å²) in [4.78, 5) is 28.2. The molecule has 5 nitrogen and oxygen atoms in total. The first kappa shape index (κ1) is 23.3. The van der Waals surface area contributed by atoms with Crippen molar-refractivity contribution in [2.45, 2.75) is 51.2 Å². The van der Waals surface area contributed by atoms with E-state index in [0.29, 0.717) is 35.8 Å². The van der Waals surface area contributed by atoms with E-state index < -0.39 is 11.7 Å². The lowest BCUT2D eigenvalue weighted by Gasteiger charge is -2.35. The number of piperidine rings is 1. The van der Waals surface area contributed by atoms with Crippen LogP contribution < -0.4 is 0 Å². The summed E-state index contributed by atoms with van der Waals surface area (Å²) in [5.74, 6) is -0.219. The van der Waals surface area contributed by atoms with E-state index in [1.807, 2.05) is 6.92 Å². The Morgan fingerprint density at radius 2 is 1.85 bits per heavy atom. The van der Waals surface area contributed by atoms with Gasteiger partial charge in [0.15, 0.2) is 0 Å². The lowest BCUT2D eigenvalue weighted by atomic mass is 9.97. The third kappa shape index (κ3) is 5.38. The molecule has 1 saturated heterocycles. The van der Waals surface area contributed by atoms with E-state index in [9.17, 15) is 22.4 Å². The number of hydrogen-bond donors (Lipinski definition) is 0. The number of hydrogen-bond acceptors (Lipinski definition) is 5. The standard InChI is InChI=1S/C23H22F4N4OS/c1-14-30-20(21(33-14)15-5-7-17(24)8-6-15)22(32)31-11-3-2-4-18(31)9-10-19-28-12-16(13-29-19)23(25,26)27/h5-8,12-13,18H,2-4,9-11H2,1H3. The van der Waals surface area contributed by atoms with Crippen LogP contribution in [0.15, 0.2) is 36.7 Å². The summed E-state index contributed by atoms with van der Waals surface area (Å²) in [5.41, 5.74) is 0.201. The van der Waals surface area contributed by atoms with Crippen molar-refractivity contribution in [3.63, 3.8) is 0 Å². The maximum atomic E-state index is 13.5. The normalized spacial score (nSPS) is 16.8. The Kier molecular flexibility index (Phi) is 6.73. The predicted octanol–water partition coefficient (Wildman–Crippen LogP) is 5.69. The van der Waals surface area contributed by atoms with Crippen molar-refractivity contribution in [3.05, 3.63) is 64.6 Å². The molecule has 0 aliphatic carbocycles. The first-order valence-electron chi connectivity index (χ1n) is 10.6. The number of halogens is 4. The summed E-state index contributed by atoms with van der Waals surface area (Å²) < 4.78 is 51.5. The molecule has 1 amide bonds. The van der Waals surface area contributed by atoms with Gasteiger partial charge in [-0.2, -0.15) is 13.2 Å². The maximum absolute atomic E-state index is 13.5. The zero-order valence-electron chi connectivity index (χ0n) is 17.9. The van der Waals surface area contributed by atoms with Gasteiger partial charge in [-0.25, -0.2) is 19.3 Å². The smallest absolute Gasteiger partial charge is 0.334 e. The topological polar surface area (TPSA) is 59.0 Å². The Hall–Kier alpha value is -2.88. The van der Waals surface area contributed by atoms with Crippen LogP contribution in [0.4, 0.5) is 17.6 Å². The highest BCUT2D eigenvalue weighted by atomic mass is 32.1. The van der Waals surface area contributed by atoms with Gasteiger partial charge in [-0.05, 0) is 50.3 Å². The molecule has 1 aliphatic rings. The summed E-state index contributed by atoms with van der Waals surface area (Å²) in [5, 5.41) is 0.740. The van der Waals surface area contributed by atoms with Gasteiger partial charge in [0.2, 0.25) is 0 Å². The molecule has 0 radical (unpaired) electrons. The minimum absolute atomic E-state index is 0.0831. The molecule has 33 heavy (non-hydrogen) atoms. The van der Waals surface area contributed by atoms with Crippen molar-refractivity contribution in [1.29, 1.82) is 0 Å². The second-order valence-corrected chi connectivity index (χ2v) is 9.19. The molecule has 0 bridgehead atoms. The summed E-state index contributed by atoms with van der Waals surface area (Å²) in [6, 6.07) is 5.89. The second-order valence-electron chi connectivity index (χ2n) is 7.99. The third-order valence-corrected chi connectivity index (χ3v) is 6.68. The van der Waals surface area contributed by atoms with Crippen molar-refractivity contribution in [2.24, 2.45) is 0 Å². The van der Waals surface area contributed by atoms with Gasteiger partial charge < -0.3 is 4.90 Å². The van der Waals surface area contributed by atoms with Crippen LogP contribution in [0, 0.1) is 12.7 Å². The van der Waals surface area contributed by atoms with Gasteiger partial charge in [0.1, 0.15) is 17.3 Å². The number of aryl methyl sites for hydroxylation is 2. The largest absolute Gasteiger partial charge is 0.419 e. The molecule has 3 aromatic rings. The highest BCUT2D eigenvalue weighted by Gasteiger charge is 2.32. The van der Waals surface area contributed by atoms with E-state index in [-0.39, 0.29) is 17.8 Å². The molecular weight excluding hydrogens is 456 g/mol. The van der Waals surface area contributed by atoms with Gasteiger partial charge in [-0.3, -0.25) is 4.79 Å². The lowest BCUT2D eigenvalue weighted by Crippen LogP contribution is -2.44. The zero-order valence-corrected chi connectivity index (χ0v) is 18.7. The number of thiazole rings is 1. The Bertz CT molecular complexity index is 1110. The number of carbonyl (C=O) groups is 1. The van der Waals surface area contributed by atoms with Crippen LogP contribution in [-0.2, 0) is 12.6 Å². The molecule has 3 heterocycles. The number of alkyl halides is 3. The zero-order chi connectivity index (χ0) is 23.6. The molecule has 2 aromatic heterocycles. The van der Waals surface area contributed by atoms with Crippen LogP contribution in [0.5, 0.6) is 0 Å². The third-order valence-electron chi connectivity index (χ3n) is 5.66. The number of nitrogens with zero attached hydrogens (tertiary/aromatic N) is 4. The predicted molar refractivity (Wildman–Crippen MR) is 116 cm³/mol. The van der Waals surface area contributed by atoms with Crippen LogP contribution in [0.1, 0.15) is 52.6 Å². The molecule has 1 unspecified atom stereocenters. The Balaban J connectivity index is 1.51. The number of benzene rings is 1. The van der Waals surface area contributed by atoms with Gasteiger partial charge in [0.05, 0.1) is 15.4 Å². The van der Waals surface area contributed by atoms with Gasteiger partial charge in [-0.1, -0.05) is 12.1 Å². The van der Waals surface area contributed by atoms with E-state index in [0.717, 1.165) is 42.2 Å². The highest BCUT2D eigenvalue weighted by molar-refractivity contribution is 7.15. The summed E-state index contributed by atoms with van der Waals surface area (Å²) in [6.07, 6.45) is 0.648. The van der Waals surface area contributed by atoms with Gasteiger partial charge in [-0.15, -0.1) is 11.3 Å². The van der Waals surface area contributed by atoms with E-state index in [1.165, 1.54) is 23.5 Å². The number of carbonyl (C=O) groups excluding carboxylic acids is 1. The highest BCUT2D eigenvalue weighted by Crippen LogP contribution is 2.33. The van der Waals surface area contributed by atoms with Crippen LogP contribution in [0.25, 0.3) is 10.4 Å². The van der Waals surface area contributed by atoms with E-state index in [1.54, 1.807) is 17.0 Å². The molecule has 1 atom stereocenters. The SMILES string of the molecule is Cc1nc(C(=O)N2CCCCC2CCc2ncc(C(F)(F)F)cn2)c(-c2ccc(F)cc2)s1. The second kappa shape index (κ2) is 9.54. The number of aromatic nitrogens is 3. The molecule has 1 fully saturated rings. The van der Waals surface area contributed by atoms with Crippen molar-refractivity contribution in [1.82, 2.24) is 19.9 Å². The molecule has 10 heteroatoms. The lowest BCUT2D eigenvalue weighted by molar-refractivity contribution is -0.138. The minimum atomic E-state index is -4.47. The summed E-state index contributed by atoms with van der Waals surface area (Å²) >= 11 is 1.39. The fraction of sp³-hybridized carbons (Fsp3) is 0.391. The molecule has 0 N–H and O–H groups in total. The average molecular weight is 479 g/mol. The molecule has 1 aliphatic heterocycles. The Morgan fingerprint density at radius 1 is 1.15 bits per heavy atom. The van der Waals surface area contributed by atoms with Crippen molar-refractivity contribution >= 4 is 17.2 Å². The Morgan fingerprint density at radius 3 is 2.52 bits per heavy atom. The van der Waals surface area contributed by atoms with Crippen molar-refractivity contribution in [2.75, 3.05) is 6.54 Å². The van der Waals surface area contributed by atoms with Gasteiger partial charge in [0, 0.05) is 31.4 Å². The van der Waals surface area contributed by atoms with Crippen LogP contribution in [-0.4, -0.2) is 38.3 Å². The minimum Gasteiger partial charge on any atom is -0.334 e. The number of amides is 1. The molecule has 0 spiro atoms. The van der Waals surface area contributed by atoms with Crippen molar-refractivity contribution < 1.29 is 22.4 Å². The fourth-order valence-electron chi connectivity index (χ4n) is 4.00. The maximum Gasteiger partial charge on any atom is 0.419 e. The van der Waals surface area contributed by atoms with Crippen LogP contribution in [0.2, 0.25) is 0 Å². The first-order valence-corrected chi connectivity index (χ1v) is 11.5. The van der Waals surface area contributed by atoms with Gasteiger partial charge in [0.25, 0.3) is 5.91 Å². The molecule has 0 saturated carbocycles. The molecule has 174 valence electrons. The van der Waals surface area contributed by atoms with Crippen molar-refractivity contribution in [3.8, 4) is 10.4 Å². The van der Waals surface area contributed by atoms with Crippen LogP contribution in [0.3, 0.4) is 0 Å². The monoisotopic (exact) mass is 478 g/mol. The number of likely N-dealkylation sites (tertiary alicyclic amines) is 1. The molecule has 4 rings (SSSR count). The molecule has 1 aromatic carbocycles. The first-order chi connectivity index (χ1) is 15.7.